The van der Waals surface area contributed by atoms with Crippen LogP contribution in [0.15, 0.2) is 11.3 Å². The number of carbonyl (C=O) groups excluding carboxylic acids is 1. The fourth-order valence-electron chi connectivity index (χ4n) is 0.939. The fraction of sp³-hybridized carbons (Fsp3) is 0.625. The minimum atomic E-state index is -0.727. The summed E-state index contributed by atoms with van der Waals surface area (Å²) in [6.45, 7) is 3.88. The monoisotopic (exact) mass is 157 g/mol. The molecule has 0 radical (unpaired) electrons. The molecule has 0 aromatic carbocycles. The van der Waals surface area contributed by atoms with Crippen molar-refractivity contribution in [3.05, 3.63) is 11.3 Å². The molecule has 0 unspecified atom stereocenters. The number of primary amides is 1. The third kappa shape index (κ3) is 3.07. The molecule has 0 aromatic rings. The number of hydrogen-bond donors (Lipinski definition) is 2. The number of nitrogens with two attached hydrogens (primary N) is 1. The van der Waals surface area contributed by atoms with Crippen LogP contribution >= 0.6 is 0 Å². The van der Waals surface area contributed by atoms with Gasteiger partial charge in [0.25, 0.3) is 5.91 Å². The molecule has 1 amide bonds. The second-order valence-electron chi connectivity index (χ2n) is 2.42. The molecule has 0 aliphatic carbocycles. The summed E-state index contributed by atoms with van der Waals surface area (Å²) in [5, 5.41) is 9.12. The lowest BCUT2D eigenvalue weighted by atomic mass is 10.1. The van der Waals surface area contributed by atoms with Crippen LogP contribution in [0, 0.1) is 0 Å². The number of rotatable bonds is 4. The molecule has 0 saturated heterocycles. The highest BCUT2D eigenvalue weighted by atomic mass is 16.3. The van der Waals surface area contributed by atoms with Gasteiger partial charge in [0.2, 0.25) is 0 Å². The topological polar surface area (TPSA) is 63.3 Å². The molecule has 0 aromatic heterocycles. The Bertz CT molecular complexity index is 173. The number of carbonyl (C=O) groups is 1. The highest BCUT2D eigenvalue weighted by Crippen LogP contribution is 2.12. The Labute approximate surface area is 66.9 Å². The van der Waals surface area contributed by atoms with E-state index in [4.69, 9.17) is 10.8 Å². The van der Waals surface area contributed by atoms with E-state index in [1.165, 1.54) is 0 Å². The summed E-state index contributed by atoms with van der Waals surface area (Å²) in [4.78, 5) is 10.5. The first-order chi connectivity index (χ1) is 5.13. The van der Waals surface area contributed by atoms with Gasteiger partial charge in [0.05, 0.1) is 0 Å². The number of allylic oxidation sites excluding steroid dienone is 1. The van der Waals surface area contributed by atoms with Crippen LogP contribution in [0.25, 0.3) is 0 Å². The Morgan fingerprint density at radius 2 is 2.00 bits per heavy atom. The Balaban J connectivity index is 4.39. The van der Waals surface area contributed by atoms with Crippen LogP contribution < -0.4 is 5.73 Å². The van der Waals surface area contributed by atoms with Crippen LogP contribution in [-0.4, -0.2) is 11.0 Å². The minimum absolute atomic E-state index is 0.255. The van der Waals surface area contributed by atoms with Crippen molar-refractivity contribution in [1.29, 1.82) is 0 Å². The van der Waals surface area contributed by atoms with E-state index < -0.39 is 5.91 Å². The summed E-state index contributed by atoms with van der Waals surface area (Å²) in [5.74, 6) is -0.982. The van der Waals surface area contributed by atoms with E-state index in [9.17, 15) is 4.79 Å². The Hall–Kier alpha value is -0.990. The predicted octanol–water partition coefficient (Wildman–Crippen LogP) is 1.49. The molecule has 0 rings (SSSR count). The summed E-state index contributed by atoms with van der Waals surface area (Å²) in [7, 11) is 0. The van der Waals surface area contributed by atoms with E-state index in [1.54, 1.807) is 0 Å². The first kappa shape index (κ1) is 10.0. The molecule has 0 aliphatic heterocycles. The van der Waals surface area contributed by atoms with Crippen molar-refractivity contribution in [3.8, 4) is 0 Å². The Kier molecular flexibility index (Phi) is 4.34. The molecule has 3 nitrogen and oxygen atoms in total. The fourth-order valence-corrected chi connectivity index (χ4v) is 0.939. The summed E-state index contributed by atoms with van der Waals surface area (Å²) >= 11 is 0. The van der Waals surface area contributed by atoms with Crippen LogP contribution in [0.3, 0.4) is 0 Å². The van der Waals surface area contributed by atoms with Gasteiger partial charge in [0.15, 0.2) is 5.76 Å². The van der Waals surface area contributed by atoms with Crippen molar-refractivity contribution in [1.82, 2.24) is 0 Å². The van der Waals surface area contributed by atoms with E-state index in [1.807, 2.05) is 13.8 Å². The van der Waals surface area contributed by atoms with Crippen LogP contribution in [0.5, 0.6) is 0 Å². The van der Waals surface area contributed by atoms with Gasteiger partial charge in [-0.05, 0) is 18.4 Å². The van der Waals surface area contributed by atoms with Gasteiger partial charge in [0, 0.05) is 0 Å². The third-order valence-electron chi connectivity index (χ3n) is 1.55. The lowest BCUT2D eigenvalue weighted by Gasteiger charge is -2.03. The molecule has 0 saturated carbocycles. The third-order valence-corrected chi connectivity index (χ3v) is 1.55. The average Bonchev–Trinajstić information content (AvgIpc) is 1.98. The molecule has 3 heteroatoms. The highest BCUT2D eigenvalue weighted by Gasteiger charge is 2.07. The lowest BCUT2D eigenvalue weighted by Crippen LogP contribution is -2.15. The highest BCUT2D eigenvalue weighted by molar-refractivity contribution is 5.90. The van der Waals surface area contributed by atoms with E-state index in [0.29, 0.717) is 6.42 Å². The Morgan fingerprint density at radius 1 is 1.45 bits per heavy atom. The van der Waals surface area contributed by atoms with Crippen LogP contribution in [0.4, 0.5) is 0 Å². The molecule has 11 heavy (non-hydrogen) atoms. The number of hydrogen-bond acceptors (Lipinski definition) is 2. The molecule has 0 aliphatic rings. The van der Waals surface area contributed by atoms with Crippen molar-refractivity contribution >= 4 is 5.91 Å². The van der Waals surface area contributed by atoms with Crippen molar-refractivity contribution < 1.29 is 9.90 Å². The zero-order chi connectivity index (χ0) is 8.85. The van der Waals surface area contributed by atoms with Gasteiger partial charge in [-0.2, -0.15) is 0 Å². The van der Waals surface area contributed by atoms with Crippen molar-refractivity contribution in [2.24, 2.45) is 5.73 Å². The van der Waals surface area contributed by atoms with E-state index >= 15 is 0 Å². The van der Waals surface area contributed by atoms with E-state index in [-0.39, 0.29) is 5.76 Å². The van der Waals surface area contributed by atoms with Crippen LogP contribution in [-0.2, 0) is 4.79 Å². The predicted molar refractivity (Wildman–Crippen MR) is 44.0 cm³/mol. The van der Waals surface area contributed by atoms with Crippen LogP contribution in [0.1, 0.15) is 33.1 Å². The molecule has 0 bridgehead atoms. The lowest BCUT2D eigenvalue weighted by molar-refractivity contribution is -0.117. The van der Waals surface area contributed by atoms with Gasteiger partial charge in [-0.1, -0.05) is 20.3 Å². The van der Waals surface area contributed by atoms with Crippen molar-refractivity contribution in [2.75, 3.05) is 0 Å². The maximum absolute atomic E-state index is 10.5. The largest absolute Gasteiger partial charge is 0.503 e. The second kappa shape index (κ2) is 4.77. The Morgan fingerprint density at radius 3 is 2.27 bits per heavy atom. The molecular formula is C8H15NO2. The van der Waals surface area contributed by atoms with E-state index in [0.717, 1.165) is 18.4 Å². The SMILES string of the molecule is CCC/C(CC)=C(\O)C(N)=O. The molecule has 64 valence electrons. The zero-order valence-corrected chi connectivity index (χ0v) is 7.05. The molecule has 0 spiro atoms. The maximum Gasteiger partial charge on any atom is 0.283 e. The number of aliphatic hydroxyl groups excluding tert-OH is 1. The summed E-state index contributed by atoms with van der Waals surface area (Å²) in [6.07, 6.45) is 2.34. The quantitative estimate of drug-likeness (QED) is 0.479. The van der Waals surface area contributed by atoms with Crippen molar-refractivity contribution in [3.63, 3.8) is 0 Å². The smallest absolute Gasteiger partial charge is 0.283 e. The second-order valence-corrected chi connectivity index (χ2v) is 2.42. The maximum atomic E-state index is 10.5. The zero-order valence-electron chi connectivity index (χ0n) is 7.05. The normalized spacial score (nSPS) is 12.5. The van der Waals surface area contributed by atoms with E-state index in [2.05, 4.69) is 0 Å². The van der Waals surface area contributed by atoms with Gasteiger partial charge in [-0.25, -0.2) is 0 Å². The molecule has 0 heterocycles. The standard InChI is InChI=1S/C8H15NO2/c1-3-5-6(4-2)7(10)8(9)11/h10H,3-5H2,1-2H3,(H2,9,11)/b7-6-. The first-order valence-electron chi connectivity index (χ1n) is 3.84. The van der Waals surface area contributed by atoms with Gasteiger partial charge < -0.3 is 10.8 Å². The molecule has 0 fully saturated rings. The molecular weight excluding hydrogens is 142 g/mol. The number of aliphatic hydroxyl groups is 1. The summed E-state index contributed by atoms with van der Waals surface area (Å²) in [6, 6.07) is 0. The van der Waals surface area contributed by atoms with Gasteiger partial charge in [-0.3, -0.25) is 4.79 Å². The summed E-state index contributed by atoms with van der Waals surface area (Å²) < 4.78 is 0. The van der Waals surface area contributed by atoms with Crippen LogP contribution in [0.2, 0.25) is 0 Å². The first-order valence-corrected chi connectivity index (χ1v) is 3.84. The van der Waals surface area contributed by atoms with Gasteiger partial charge in [0.1, 0.15) is 0 Å². The van der Waals surface area contributed by atoms with Gasteiger partial charge >= 0.3 is 0 Å². The van der Waals surface area contributed by atoms with Gasteiger partial charge in [-0.15, -0.1) is 0 Å². The molecule has 0 atom stereocenters. The molecule has 3 N–H and O–H groups in total. The minimum Gasteiger partial charge on any atom is -0.503 e. The number of amides is 1. The summed E-state index contributed by atoms with van der Waals surface area (Å²) in [5.41, 5.74) is 5.65. The van der Waals surface area contributed by atoms with Crippen molar-refractivity contribution in [2.45, 2.75) is 33.1 Å². The average molecular weight is 157 g/mol.